The number of nitrogens with two attached hydrogens (primary N) is 1. The quantitative estimate of drug-likeness (QED) is 0.724. The van der Waals surface area contributed by atoms with Crippen LogP contribution in [0, 0.1) is 12.3 Å². The highest BCUT2D eigenvalue weighted by Crippen LogP contribution is 2.10. The van der Waals surface area contributed by atoms with Crippen LogP contribution in [0.5, 0.6) is 0 Å². The number of carbonyl (C=O) groups is 1. The van der Waals surface area contributed by atoms with Crippen LogP contribution in [0.2, 0.25) is 0 Å². The second kappa shape index (κ2) is 8.30. The molecule has 1 aromatic rings. The molecule has 0 saturated carbocycles. The molecule has 0 bridgehead atoms. The molecule has 3 N–H and O–H groups in total. The van der Waals surface area contributed by atoms with Gasteiger partial charge in [-0.1, -0.05) is 24.3 Å². The fourth-order valence-electron chi connectivity index (χ4n) is 1.62. The molecular formula is C15H20N2O2. The second-order valence-electron chi connectivity index (χ2n) is 4.14. The van der Waals surface area contributed by atoms with E-state index in [2.05, 4.69) is 11.2 Å². The molecule has 1 rings (SSSR count). The molecule has 0 fully saturated rings. The van der Waals surface area contributed by atoms with E-state index in [0.29, 0.717) is 19.8 Å². The van der Waals surface area contributed by atoms with Crippen LogP contribution in [-0.2, 0) is 22.7 Å². The second-order valence-corrected chi connectivity index (χ2v) is 4.14. The maximum atomic E-state index is 11.7. The molecule has 1 atom stereocenters. The normalized spacial score (nSPS) is 11.6. The fourth-order valence-corrected chi connectivity index (χ4v) is 1.62. The summed E-state index contributed by atoms with van der Waals surface area (Å²) in [5.41, 5.74) is 7.72. The SMILES string of the molecule is C#CCC(N)C(=O)NCc1ccccc1COCC. The fraction of sp³-hybridized carbons (Fsp3) is 0.400. The van der Waals surface area contributed by atoms with Crippen molar-refractivity contribution in [1.29, 1.82) is 0 Å². The predicted molar refractivity (Wildman–Crippen MR) is 75.0 cm³/mol. The Kier molecular flexibility index (Phi) is 6.65. The Morgan fingerprint density at radius 2 is 2.16 bits per heavy atom. The molecule has 1 amide bonds. The van der Waals surface area contributed by atoms with Gasteiger partial charge >= 0.3 is 0 Å². The summed E-state index contributed by atoms with van der Waals surface area (Å²) in [6, 6.07) is 7.17. The molecule has 0 aliphatic heterocycles. The lowest BCUT2D eigenvalue weighted by atomic mass is 10.1. The average molecular weight is 260 g/mol. The monoisotopic (exact) mass is 260 g/mol. The summed E-state index contributed by atoms with van der Waals surface area (Å²) in [6.07, 6.45) is 5.37. The maximum Gasteiger partial charge on any atom is 0.238 e. The van der Waals surface area contributed by atoms with E-state index in [4.69, 9.17) is 16.9 Å². The summed E-state index contributed by atoms with van der Waals surface area (Å²) >= 11 is 0. The number of nitrogens with one attached hydrogen (secondary N) is 1. The molecule has 4 heteroatoms. The Bertz CT molecular complexity index is 452. The van der Waals surface area contributed by atoms with Gasteiger partial charge in [0.25, 0.3) is 0 Å². The Hall–Kier alpha value is -1.83. The largest absolute Gasteiger partial charge is 0.377 e. The summed E-state index contributed by atoms with van der Waals surface area (Å²) in [6.45, 7) is 3.58. The third kappa shape index (κ3) is 5.12. The molecule has 1 unspecified atom stereocenters. The maximum absolute atomic E-state index is 11.7. The third-order valence-electron chi connectivity index (χ3n) is 2.71. The minimum absolute atomic E-state index is 0.232. The minimum atomic E-state index is -0.649. The van der Waals surface area contributed by atoms with Gasteiger partial charge in [-0.3, -0.25) is 4.79 Å². The summed E-state index contributed by atoms with van der Waals surface area (Å²) in [5, 5.41) is 2.79. The van der Waals surface area contributed by atoms with Crippen molar-refractivity contribution in [3.8, 4) is 12.3 Å². The lowest BCUT2D eigenvalue weighted by Crippen LogP contribution is -2.40. The zero-order chi connectivity index (χ0) is 14.1. The highest BCUT2D eigenvalue weighted by Gasteiger charge is 2.12. The standard InChI is InChI=1S/C15H20N2O2/c1-3-7-14(16)15(18)17-10-12-8-5-6-9-13(12)11-19-4-2/h1,5-6,8-9,14H,4,7,10-11,16H2,2H3,(H,17,18). The van der Waals surface area contributed by atoms with Crippen molar-refractivity contribution in [2.75, 3.05) is 6.61 Å². The molecule has 19 heavy (non-hydrogen) atoms. The van der Waals surface area contributed by atoms with Crippen LogP contribution in [0.15, 0.2) is 24.3 Å². The van der Waals surface area contributed by atoms with E-state index in [9.17, 15) is 4.79 Å². The van der Waals surface area contributed by atoms with Gasteiger partial charge in [-0.2, -0.15) is 0 Å². The van der Waals surface area contributed by atoms with Gasteiger partial charge in [0.1, 0.15) is 0 Å². The minimum Gasteiger partial charge on any atom is -0.377 e. The van der Waals surface area contributed by atoms with Gasteiger partial charge < -0.3 is 15.8 Å². The van der Waals surface area contributed by atoms with Gasteiger partial charge in [-0.15, -0.1) is 12.3 Å². The molecule has 0 aliphatic rings. The van der Waals surface area contributed by atoms with Crippen LogP contribution >= 0.6 is 0 Å². The van der Waals surface area contributed by atoms with Gasteiger partial charge in [0.2, 0.25) is 5.91 Å². The number of hydrogen-bond donors (Lipinski definition) is 2. The Morgan fingerprint density at radius 1 is 1.47 bits per heavy atom. The summed E-state index contributed by atoms with van der Waals surface area (Å²) in [4.78, 5) is 11.7. The van der Waals surface area contributed by atoms with Crippen LogP contribution in [-0.4, -0.2) is 18.6 Å². The Morgan fingerprint density at radius 3 is 2.79 bits per heavy atom. The highest BCUT2D eigenvalue weighted by molar-refractivity contribution is 5.81. The van der Waals surface area contributed by atoms with Gasteiger partial charge in [-0.25, -0.2) is 0 Å². The van der Waals surface area contributed by atoms with Crippen molar-refractivity contribution in [3.05, 3.63) is 35.4 Å². The van der Waals surface area contributed by atoms with Crippen molar-refractivity contribution in [1.82, 2.24) is 5.32 Å². The third-order valence-corrected chi connectivity index (χ3v) is 2.71. The molecule has 0 saturated heterocycles. The van der Waals surface area contributed by atoms with E-state index in [1.165, 1.54) is 0 Å². The lowest BCUT2D eigenvalue weighted by Gasteiger charge is -2.12. The number of ether oxygens (including phenoxy) is 1. The van der Waals surface area contributed by atoms with Crippen molar-refractivity contribution in [3.63, 3.8) is 0 Å². The molecular weight excluding hydrogens is 240 g/mol. The number of rotatable bonds is 7. The number of benzene rings is 1. The first-order valence-corrected chi connectivity index (χ1v) is 6.30. The summed E-state index contributed by atoms with van der Waals surface area (Å²) in [7, 11) is 0. The van der Waals surface area contributed by atoms with Crippen LogP contribution < -0.4 is 11.1 Å². The van der Waals surface area contributed by atoms with E-state index < -0.39 is 6.04 Å². The number of carbonyl (C=O) groups excluding carboxylic acids is 1. The predicted octanol–water partition coefficient (Wildman–Crippen LogP) is 1.19. The van der Waals surface area contributed by atoms with Gasteiger partial charge in [-0.05, 0) is 18.1 Å². The first-order valence-electron chi connectivity index (χ1n) is 6.30. The topological polar surface area (TPSA) is 64.4 Å². The van der Waals surface area contributed by atoms with Crippen molar-refractivity contribution >= 4 is 5.91 Å². The molecule has 0 radical (unpaired) electrons. The number of amides is 1. The summed E-state index contributed by atoms with van der Waals surface area (Å²) < 4.78 is 5.39. The molecule has 1 aromatic carbocycles. The first kappa shape index (κ1) is 15.2. The van der Waals surface area contributed by atoms with Gasteiger partial charge in [0, 0.05) is 19.6 Å². The van der Waals surface area contributed by atoms with E-state index in [0.717, 1.165) is 11.1 Å². The zero-order valence-corrected chi connectivity index (χ0v) is 11.2. The summed E-state index contributed by atoms with van der Waals surface area (Å²) in [5.74, 6) is 2.15. The van der Waals surface area contributed by atoms with Gasteiger partial charge in [0.15, 0.2) is 0 Å². The Balaban J connectivity index is 2.57. The van der Waals surface area contributed by atoms with Crippen LogP contribution in [0.25, 0.3) is 0 Å². The van der Waals surface area contributed by atoms with E-state index >= 15 is 0 Å². The van der Waals surface area contributed by atoms with Crippen molar-refractivity contribution in [2.45, 2.75) is 32.5 Å². The average Bonchev–Trinajstić information content (AvgIpc) is 2.43. The van der Waals surface area contributed by atoms with Crippen LogP contribution in [0.1, 0.15) is 24.5 Å². The van der Waals surface area contributed by atoms with Crippen molar-refractivity contribution < 1.29 is 9.53 Å². The molecule has 0 heterocycles. The van der Waals surface area contributed by atoms with E-state index in [1.54, 1.807) is 0 Å². The molecule has 0 spiro atoms. The van der Waals surface area contributed by atoms with Crippen LogP contribution in [0.4, 0.5) is 0 Å². The zero-order valence-electron chi connectivity index (χ0n) is 11.2. The molecule has 102 valence electrons. The molecule has 0 aromatic heterocycles. The molecule has 4 nitrogen and oxygen atoms in total. The first-order chi connectivity index (χ1) is 9.19. The number of hydrogen-bond acceptors (Lipinski definition) is 3. The van der Waals surface area contributed by atoms with E-state index in [1.807, 2.05) is 31.2 Å². The van der Waals surface area contributed by atoms with E-state index in [-0.39, 0.29) is 12.3 Å². The lowest BCUT2D eigenvalue weighted by molar-refractivity contribution is -0.122. The molecule has 0 aliphatic carbocycles. The van der Waals surface area contributed by atoms with Gasteiger partial charge in [0.05, 0.1) is 12.6 Å². The Labute approximate surface area is 114 Å². The van der Waals surface area contributed by atoms with Crippen LogP contribution in [0.3, 0.4) is 0 Å². The highest BCUT2D eigenvalue weighted by atomic mass is 16.5. The smallest absolute Gasteiger partial charge is 0.238 e. The number of terminal acetylenes is 1. The van der Waals surface area contributed by atoms with Crippen molar-refractivity contribution in [2.24, 2.45) is 5.73 Å².